The first-order chi connectivity index (χ1) is 8.37. The van der Waals surface area contributed by atoms with Crippen molar-refractivity contribution in [3.8, 4) is 11.5 Å². The van der Waals surface area contributed by atoms with E-state index in [0.29, 0.717) is 5.56 Å². The Bertz CT molecular complexity index is 516. The monoisotopic (exact) mass is 288 g/mol. The lowest BCUT2D eigenvalue weighted by molar-refractivity contribution is 0.301. The van der Waals surface area contributed by atoms with Gasteiger partial charge in [0.25, 0.3) is 0 Å². The normalized spacial score (nSPS) is 13.6. The van der Waals surface area contributed by atoms with Crippen LogP contribution in [0, 0.1) is 0 Å². The van der Waals surface area contributed by atoms with Gasteiger partial charge in [0, 0.05) is 6.07 Å². The Hall–Kier alpha value is -1.03. The largest absolute Gasteiger partial charge is 0.508 e. The zero-order chi connectivity index (χ0) is 15.1. The van der Waals surface area contributed by atoms with Crippen LogP contribution in [0.2, 0.25) is 0 Å². The number of aromatic hydroxyl groups is 2. The lowest BCUT2D eigenvalue weighted by atomic mass is 9.77. The fourth-order valence-electron chi connectivity index (χ4n) is 2.37. The molecular weight excluding hydrogens is 267 g/mol. The molecule has 108 valence electrons. The van der Waals surface area contributed by atoms with Crippen molar-refractivity contribution in [2.45, 2.75) is 44.7 Å². The van der Waals surface area contributed by atoms with E-state index in [9.17, 15) is 24.6 Å². The predicted octanol–water partition coefficient (Wildman–Crippen LogP) is 2.72. The van der Waals surface area contributed by atoms with Crippen molar-refractivity contribution in [3.05, 3.63) is 23.8 Å². The summed E-state index contributed by atoms with van der Waals surface area (Å²) in [6.45, 7) is 6.62. The van der Waals surface area contributed by atoms with E-state index in [1.54, 1.807) is 19.9 Å². The van der Waals surface area contributed by atoms with Gasteiger partial charge in [0.05, 0.1) is 5.16 Å². The molecule has 1 aromatic carbocycles. The summed E-state index contributed by atoms with van der Waals surface area (Å²) in [6, 6.07) is 4.24. The van der Waals surface area contributed by atoms with Gasteiger partial charge in [0.15, 0.2) is 0 Å². The summed E-state index contributed by atoms with van der Waals surface area (Å²) in [6.07, 6.45) is 0.197. The summed E-state index contributed by atoms with van der Waals surface area (Å²) >= 11 is 0. The van der Waals surface area contributed by atoms with Gasteiger partial charge in [-0.3, -0.25) is 4.57 Å². The molecule has 0 amide bonds. The second-order valence-corrected chi connectivity index (χ2v) is 8.42. The van der Waals surface area contributed by atoms with Gasteiger partial charge < -0.3 is 20.0 Å². The molecule has 0 bridgehead atoms. The molecule has 0 heterocycles. The first kappa shape index (κ1) is 16.0. The molecule has 0 atom stereocenters. The summed E-state index contributed by atoms with van der Waals surface area (Å²) in [5.41, 5.74) is -0.0885. The third-order valence-corrected chi connectivity index (χ3v) is 5.11. The van der Waals surface area contributed by atoms with Crippen molar-refractivity contribution in [2.24, 2.45) is 0 Å². The molecule has 0 spiro atoms. The molecule has 0 fully saturated rings. The van der Waals surface area contributed by atoms with Crippen LogP contribution in [0.3, 0.4) is 0 Å². The quantitative estimate of drug-likeness (QED) is 0.639. The Morgan fingerprint density at radius 1 is 1.11 bits per heavy atom. The van der Waals surface area contributed by atoms with Crippen LogP contribution in [0.15, 0.2) is 18.2 Å². The SMILES string of the molecule is CC(C)(CC(C)(C)P(=O)(O)O)c1ccc(O)cc1O. The fourth-order valence-corrected chi connectivity index (χ4v) is 2.97. The van der Waals surface area contributed by atoms with Crippen molar-refractivity contribution in [3.63, 3.8) is 0 Å². The third-order valence-electron chi connectivity index (χ3n) is 3.37. The zero-order valence-electron chi connectivity index (χ0n) is 11.6. The van der Waals surface area contributed by atoms with Crippen LogP contribution in [-0.2, 0) is 9.98 Å². The maximum Gasteiger partial charge on any atom is 0.331 e. The number of benzene rings is 1. The van der Waals surface area contributed by atoms with E-state index in [4.69, 9.17) is 0 Å². The predicted molar refractivity (Wildman–Crippen MR) is 73.5 cm³/mol. The molecule has 0 aromatic heterocycles. The average molecular weight is 288 g/mol. The first-order valence-electron chi connectivity index (χ1n) is 5.95. The van der Waals surface area contributed by atoms with E-state index in [1.165, 1.54) is 26.0 Å². The van der Waals surface area contributed by atoms with E-state index in [-0.39, 0.29) is 17.9 Å². The number of hydrogen-bond donors (Lipinski definition) is 4. The fraction of sp³-hybridized carbons (Fsp3) is 0.538. The molecule has 4 N–H and O–H groups in total. The van der Waals surface area contributed by atoms with Gasteiger partial charge in [-0.05, 0) is 37.3 Å². The number of rotatable bonds is 4. The maximum absolute atomic E-state index is 11.5. The highest BCUT2D eigenvalue weighted by atomic mass is 31.2. The lowest BCUT2D eigenvalue weighted by Crippen LogP contribution is -2.31. The molecular formula is C13H21O5P. The zero-order valence-corrected chi connectivity index (χ0v) is 12.5. The minimum Gasteiger partial charge on any atom is -0.508 e. The highest BCUT2D eigenvalue weighted by molar-refractivity contribution is 7.53. The van der Waals surface area contributed by atoms with Gasteiger partial charge >= 0.3 is 7.60 Å². The molecule has 5 nitrogen and oxygen atoms in total. The van der Waals surface area contributed by atoms with Crippen LogP contribution < -0.4 is 0 Å². The molecule has 1 rings (SSSR count). The van der Waals surface area contributed by atoms with Crippen LogP contribution in [0.25, 0.3) is 0 Å². The molecule has 0 radical (unpaired) electrons. The molecule has 19 heavy (non-hydrogen) atoms. The van der Waals surface area contributed by atoms with Crippen LogP contribution in [0.4, 0.5) is 0 Å². The Morgan fingerprint density at radius 3 is 2.05 bits per heavy atom. The first-order valence-corrected chi connectivity index (χ1v) is 7.56. The molecule has 0 saturated carbocycles. The van der Waals surface area contributed by atoms with Crippen molar-refractivity contribution in [2.75, 3.05) is 0 Å². The Kier molecular flexibility index (Phi) is 4.06. The van der Waals surface area contributed by atoms with Gasteiger partial charge in [0.1, 0.15) is 11.5 Å². The molecule has 0 aliphatic heterocycles. The Morgan fingerprint density at radius 2 is 1.63 bits per heavy atom. The molecule has 6 heteroatoms. The topological polar surface area (TPSA) is 98.0 Å². The molecule has 1 aromatic rings. The highest BCUT2D eigenvalue weighted by Crippen LogP contribution is 2.55. The van der Waals surface area contributed by atoms with Gasteiger partial charge in [0.2, 0.25) is 0 Å². The van der Waals surface area contributed by atoms with E-state index >= 15 is 0 Å². The molecule has 0 saturated heterocycles. The Balaban J connectivity index is 3.15. The number of hydrogen-bond acceptors (Lipinski definition) is 3. The third kappa shape index (κ3) is 3.50. The second-order valence-electron chi connectivity index (χ2n) is 6.12. The summed E-state index contributed by atoms with van der Waals surface area (Å²) in [5, 5.41) is 18.0. The number of phenolic OH excluding ortho intramolecular Hbond substituents is 2. The van der Waals surface area contributed by atoms with E-state index < -0.39 is 18.2 Å². The van der Waals surface area contributed by atoms with E-state index in [0.717, 1.165) is 0 Å². The van der Waals surface area contributed by atoms with Gasteiger partial charge in [-0.25, -0.2) is 0 Å². The molecule has 0 unspecified atom stereocenters. The number of phenols is 2. The summed E-state index contributed by atoms with van der Waals surface area (Å²) < 4.78 is 11.5. The van der Waals surface area contributed by atoms with E-state index in [2.05, 4.69) is 0 Å². The van der Waals surface area contributed by atoms with Crippen molar-refractivity contribution in [1.29, 1.82) is 0 Å². The van der Waals surface area contributed by atoms with Gasteiger partial charge in [-0.15, -0.1) is 0 Å². The summed E-state index contributed by atoms with van der Waals surface area (Å²) in [7, 11) is -4.24. The van der Waals surface area contributed by atoms with Crippen LogP contribution in [0.1, 0.15) is 39.7 Å². The Labute approximate surface area is 113 Å². The smallest absolute Gasteiger partial charge is 0.331 e. The highest BCUT2D eigenvalue weighted by Gasteiger charge is 2.43. The van der Waals surface area contributed by atoms with Crippen LogP contribution >= 0.6 is 7.60 Å². The van der Waals surface area contributed by atoms with Gasteiger partial charge in [-0.1, -0.05) is 19.9 Å². The summed E-state index contributed by atoms with van der Waals surface area (Å²) in [5.74, 6) is -0.127. The van der Waals surface area contributed by atoms with Gasteiger partial charge in [-0.2, -0.15) is 0 Å². The van der Waals surface area contributed by atoms with Crippen LogP contribution in [-0.4, -0.2) is 25.2 Å². The average Bonchev–Trinajstić information content (AvgIpc) is 2.12. The minimum absolute atomic E-state index is 0.0497. The molecule has 0 aliphatic rings. The second kappa shape index (κ2) is 4.82. The van der Waals surface area contributed by atoms with Crippen molar-refractivity contribution >= 4 is 7.60 Å². The van der Waals surface area contributed by atoms with Crippen molar-refractivity contribution in [1.82, 2.24) is 0 Å². The maximum atomic E-state index is 11.5. The molecule has 0 aliphatic carbocycles. The van der Waals surface area contributed by atoms with Crippen molar-refractivity contribution < 1.29 is 24.6 Å². The standard InChI is InChI=1S/C13H21O5P/c1-12(2,8-13(3,4)19(16,17)18)10-6-5-9(14)7-11(10)15/h5-7,14-15H,8H2,1-4H3,(H2,16,17,18). The van der Waals surface area contributed by atoms with Crippen LogP contribution in [0.5, 0.6) is 11.5 Å². The summed E-state index contributed by atoms with van der Waals surface area (Å²) in [4.78, 5) is 18.8. The lowest BCUT2D eigenvalue weighted by Gasteiger charge is -2.35. The minimum atomic E-state index is -4.24. The van der Waals surface area contributed by atoms with E-state index in [1.807, 2.05) is 0 Å².